The lowest BCUT2D eigenvalue weighted by Crippen LogP contribution is -2.46. The topological polar surface area (TPSA) is 114 Å². The first kappa shape index (κ1) is 27.8. The molecule has 0 radical (unpaired) electrons. The van der Waals surface area contributed by atoms with Crippen molar-refractivity contribution >= 4 is 32.9 Å². The molecule has 0 aliphatic carbocycles. The molecule has 3 heterocycles. The van der Waals surface area contributed by atoms with Crippen LogP contribution >= 0.6 is 0 Å². The maximum Gasteiger partial charge on any atom is 0.573 e. The zero-order chi connectivity index (χ0) is 28.5. The fraction of sp³-hybridized carbons (Fsp3) is 0.385. The molecule has 1 N–H and O–H groups in total. The Kier molecular flexibility index (Phi) is 7.40. The van der Waals surface area contributed by atoms with Crippen molar-refractivity contribution in [2.45, 2.75) is 42.5 Å². The van der Waals surface area contributed by atoms with Crippen LogP contribution in [0.25, 0.3) is 10.9 Å². The zero-order valence-electron chi connectivity index (χ0n) is 21.5. The third-order valence-corrected chi connectivity index (χ3v) is 8.96. The summed E-state index contributed by atoms with van der Waals surface area (Å²) in [5.74, 6) is -0.383. The first-order valence-corrected chi connectivity index (χ1v) is 14.0. The van der Waals surface area contributed by atoms with Gasteiger partial charge < -0.3 is 24.2 Å². The SMILES string of the molecule is CN(CCc1c[nH]c2ccccc12)C(=O)OC1=NOC2(CCN(S(=O)(=O)c3ccc(OC(F)(F)F)cc3)CC2)C1. The van der Waals surface area contributed by atoms with E-state index in [1.807, 2.05) is 30.5 Å². The molecule has 3 aromatic rings. The van der Waals surface area contributed by atoms with E-state index >= 15 is 0 Å². The van der Waals surface area contributed by atoms with Crippen LogP contribution in [0, 0.1) is 0 Å². The van der Waals surface area contributed by atoms with Crippen LogP contribution in [-0.4, -0.2) is 73.2 Å². The number of para-hydroxylation sites is 1. The van der Waals surface area contributed by atoms with E-state index in [1.165, 1.54) is 9.21 Å². The lowest BCUT2D eigenvalue weighted by atomic mass is 9.89. The van der Waals surface area contributed by atoms with Crippen LogP contribution in [-0.2, 0) is 26.0 Å². The van der Waals surface area contributed by atoms with Gasteiger partial charge in [0.1, 0.15) is 11.4 Å². The van der Waals surface area contributed by atoms with E-state index in [2.05, 4.69) is 14.9 Å². The number of ether oxygens (including phenoxy) is 2. The van der Waals surface area contributed by atoms with Crippen molar-refractivity contribution in [2.24, 2.45) is 5.16 Å². The van der Waals surface area contributed by atoms with E-state index in [0.29, 0.717) is 25.8 Å². The van der Waals surface area contributed by atoms with Gasteiger partial charge >= 0.3 is 12.5 Å². The van der Waals surface area contributed by atoms with E-state index in [-0.39, 0.29) is 30.3 Å². The van der Waals surface area contributed by atoms with Crippen LogP contribution in [0.3, 0.4) is 0 Å². The molecule has 1 aromatic heterocycles. The molecule has 1 saturated heterocycles. The minimum atomic E-state index is -4.87. The van der Waals surface area contributed by atoms with Gasteiger partial charge in [-0.25, -0.2) is 13.2 Å². The van der Waals surface area contributed by atoms with Gasteiger partial charge in [0, 0.05) is 56.6 Å². The summed E-state index contributed by atoms with van der Waals surface area (Å²) in [7, 11) is -2.31. The number of aromatic amines is 1. The first-order valence-electron chi connectivity index (χ1n) is 12.5. The second-order valence-corrected chi connectivity index (χ2v) is 11.7. The Morgan fingerprint density at radius 3 is 2.55 bits per heavy atom. The molecule has 14 heteroatoms. The molecule has 0 bridgehead atoms. The standard InChI is InChI=1S/C26H27F3N4O6S/c1-32(13-10-18-17-30-22-5-3-2-4-21(18)22)24(34)37-23-16-25(39-31-23)11-14-33(15-12-25)40(35,36)20-8-6-19(7-9-20)38-26(27,28)29/h2-9,17,30H,10-16H2,1H3. The van der Waals surface area contributed by atoms with Crippen LogP contribution < -0.4 is 4.74 Å². The Morgan fingerprint density at radius 2 is 1.85 bits per heavy atom. The molecule has 1 amide bonds. The number of hydrogen-bond donors (Lipinski definition) is 1. The molecule has 214 valence electrons. The van der Waals surface area contributed by atoms with Gasteiger partial charge in [-0.3, -0.25) is 0 Å². The molecule has 0 unspecified atom stereocenters. The van der Waals surface area contributed by atoms with Crippen LogP contribution in [0.4, 0.5) is 18.0 Å². The minimum Gasteiger partial charge on any atom is -0.406 e. The molecule has 2 aromatic carbocycles. The minimum absolute atomic E-state index is 0.102. The lowest BCUT2D eigenvalue weighted by molar-refractivity contribution is -0.274. The van der Waals surface area contributed by atoms with Crippen LogP contribution in [0.5, 0.6) is 5.75 Å². The van der Waals surface area contributed by atoms with Gasteiger partial charge in [-0.05, 0) is 42.3 Å². The summed E-state index contributed by atoms with van der Waals surface area (Å²) in [6.45, 7) is 0.630. The summed E-state index contributed by atoms with van der Waals surface area (Å²) in [6.07, 6.45) is -2.09. The van der Waals surface area contributed by atoms with Crippen molar-refractivity contribution in [1.29, 1.82) is 0 Å². The molecule has 1 fully saturated rings. The number of carbonyl (C=O) groups is 1. The summed E-state index contributed by atoms with van der Waals surface area (Å²) in [4.78, 5) is 22.8. The molecule has 2 aliphatic heterocycles. The number of piperidine rings is 1. The highest BCUT2D eigenvalue weighted by Gasteiger charge is 2.45. The van der Waals surface area contributed by atoms with E-state index in [4.69, 9.17) is 9.57 Å². The number of benzene rings is 2. The van der Waals surface area contributed by atoms with Gasteiger partial charge in [0.15, 0.2) is 0 Å². The number of halogens is 3. The number of fused-ring (bicyclic) bond motifs is 1. The van der Waals surface area contributed by atoms with E-state index in [0.717, 1.165) is 40.7 Å². The van der Waals surface area contributed by atoms with Crippen LogP contribution in [0.1, 0.15) is 24.8 Å². The fourth-order valence-electron chi connectivity index (χ4n) is 4.80. The molecule has 0 saturated carbocycles. The second kappa shape index (κ2) is 10.7. The molecular weight excluding hydrogens is 553 g/mol. The van der Waals surface area contributed by atoms with Crippen LogP contribution in [0.15, 0.2) is 64.8 Å². The molecule has 0 atom stereocenters. The number of nitrogens with zero attached hydrogens (tertiary/aromatic N) is 3. The van der Waals surface area contributed by atoms with Gasteiger partial charge in [-0.15, -0.1) is 13.2 Å². The van der Waals surface area contributed by atoms with Crippen molar-refractivity contribution in [1.82, 2.24) is 14.2 Å². The number of carbonyl (C=O) groups excluding carboxylic acids is 1. The number of rotatable bonds is 6. The van der Waals surface area contributed by atoms with Gasteiger partial charge in [0.2, 0.25) is 15.9 Å². The van der Waals surface area contributed by atoms with Gasteiger partial charge in [0.05, 0.1) is 11.3 Å². The molecule has 40 heavy (non-hydrogen) atoms. The first-order chi connectivity index (χ1) is 18.9. The predicted octanol–water partition coefficient (Wildman–Crippen LogP) is 4.63. The van der Waals surface area contributed by atoms with Crippen LogP contribution in [0.2, 0.25) is 0 Å². The largest absolute Gasteiger partial charge is 0.573 e. The maximum absolute atomic E-state index is 13.0. The van der Waals surface area contributed by atoms with E-state index in [9.17, 15) is 26.4 Å². The Balaban J connectivity index is 1.11. The molecule has 1 spiro atoms. The average Bonchev–Trinajstić information content (AvgIpc) is 3.50. The van der Waals surface area contributed by atoms with Crippen molar-refractivity contribution in [3.8, 4) is 5.75 Å². The Hall–Kier alpha value is -3.78. The Labute approximate surface area is 228 Å². The number of aromatic nitrogens is 1. The fourth-order valence-corrected chi connectivity index (χ4v) is 6.25. The number of amides is 1. The Morgan fingerprint density at radius 1 is 1.15 bits per heavy atom. The average molecular weight is 581 g/mol. The number of sulfonamides is 1. The highest BCUT2D eigenvalue weighted by molar-refractivity contribution is 7.89. The van der Waals surface area contributed by atoms with E-state index < -0.39 is 33.8 Å². The highest BCUT2D eigenvalue weighted by Crippen LogP contribution is 2.37. The highest BCUT2D eigenvalue weighted by atomic mass is 32.2. The quantitative estimate of drug-likeness (QED) is 0.455. The second-order valence-electron chi connectivity index (χ2n) is 9.76. The van der Waals surface area contributed by atoms with Gasteiger partial charge in [-0.2, -0.15) is 4.31 Å². The van der Waals surface area contributed by atoms with E-state index in [1.54, 1.807) is 7.05 Å². The number of likely N-dealkylation sites (N-methyl/N-ethyl adjacent to an activating group) is 1. The van der Waals surface area contributed by atoms with Crippen molar-refractivity contribution in [3.63, 3.8) is 0 Å². The summed E-state index contributed by atoms with van der Waals surface area (Å²) in [5.41, 5.74) is 1.31. The lowest BCUT2D eigenvalue weighted by Gasteiger charge is -2.36. The summed E-state index contributed by atoms with van der Waals surface area (Å²) in [5, 5.41) is 5.04. The zero-order valence-corrected chi connectivity index (χ0v) is 22.3. The summed E-state index contributed by atoms with van der Waals surface area (Å²) >= 11 is 0. The number of oxime groups is 1. The molecular formula is C26H27F3N4O6S. The predicted molar refractivity (Wildman–Crippen MR) is 138 cm³/mol. The monoisotopic (exact) mass is 580 g/mol. The third kappa shape index (κ3) is 6.02. The number of hydrogen-bond acceptors (Lipinski definition) is 7. The number of H-pyrrole nitrogens is 1. The van der Waals surface area contributed by atoms with Gasteiger partial charge in [0.25, 0.3) is 0 Å². The third-order valence-electron chi connectivity index (χ3n) is 7.05. The smallest absolute Gasteiger partial charge is 0.406 e. The van der Waals surface area contributed by atoms with Crippen molar-refractivity contribution in [3.05, 3.63) is 60.3 Å². The molecule has 5 rings (SSSR count). The summed E-state index contributed by atoms with van der Waals surface area (Å²) < 4.78 is 73.6. The van der Waals surface area contributed by atoms with Crippen molar-refractivity contribution in [2.75, 3.05) is 26.7 Å². The summed E-state index contributed by atoms with van der Waals surface area (Å²) in [6, 6.07) is 12.0. The maximum atomic E-state index is 13.0. The number of nitrogens with one attached hydrogen (secondary N) is 1. The number of alkyl halides is 3. The molecule has 2 aliphatic rings. The Bertz CT molecular complexity index is 1510. The van der Waals surface area contributed by atoms with Gasteiger partial charge in [-0.1, -0.05) is 23.4 Å². The normalized spacial score (nSPS) is 17.4. The molecule has 10 nitrogen and oxygen atoms in total. The van der Waals surface area contributed by atoms with Crippen molar-refractivity contribution < 1.29 is 40.7 Å².